The third-order valence-electron chi connectivity index (χ3n) is 4.75. The SMILES string of the molecule is Cn1cc(C(=O)N2CCCC(c3nccs3)C2)c(-c2ccc(F)cc2F)n1. The number of rotatable bonds is 3. The second-order valence-corrected chi connectivity index (χ2v) is 7.58. The Bertz CT molecular complexity index is 970. The molecule has 1 aromatic carbocycles. The van der Waals surface area contributed by atoms with Crippen molar-refractivity contribution < 1.29 is 13.6 Å². The van der Waals surface area contributed by atoms with Crippen LogP contribution < -0.4 is 0 Å². The molecule has 0 spiro atoms. The van der Waals surface area contributed by atoms with E-state index in [1.165, 1.54) is 16.8 Å². The summed E-state index contributed by atoms with van der Waals surface area (Å²) in [6.07, 6.45) is 5.24. The van der Waals surface area contributed by atoms with Crippen LogP contribution in [0.2, 0.25) is 0 Å². The Morgan fingerprint density at radius 2 is 2.19 bits per heavy atom. The maximum Gasteiger partial charge on any atom is 0.257 e. The van der Waals surface area contributed by atoms with Gasteiger partial charge in [0.2, 0.25) is 0 Å². The second kappa shape index (κ2) is 7.19. The van der Waals surface area contributed by atoms with E-state index < -0.39 is 11.6 Å². The van der Waals surface area contributed by atoms with E-state index >= 15 is 0 Å². The minimum atomic E-state index is -0.734. The number of aromatic nitrogens is 3. The molecule has 1 fully saturated rings. The van der Waals surface area contributed by atoms with E-state index in [1.54, 1.807) is 35.7 Å². The van der Waals surface area contributed by atoms with Crippen molar-refractivity contribution in [3.05, 3.63) is 58.2 Å². The first-order chi connectivity index (χ1) is 13.0. The molecule has 1 unspecified atom stereocenters. The molecular formula is C19H18F2N4OS. The van der Waals surface area contributed by atoms with Gasteiger partial charge in [0.25, 0.3) is 5.91 Å². The number of piperidine rings is 1. The fraction of sp³-hybridized carbons (Fsp3) is 0.316. The molecule has 3 aromatic rings. The Hall–Kier alpha value is -2.61. The first-order valence-corrected chi connectivity index (χ1v) is 9.58. The number of carbonyl (C=O) groups is 1. The number of amides is 1. The summed E-state index contributed by atoms with van der Waals surface area (Å²) in [5.74, 6) is -1.38. The first-order valence-electron chi connectivity index (χ1n) is 8.70. The zero-order chi connectivity index (χ0) is 19.0. The summed E-state index contributed by atoms with van der Waals surface area (Å²) in [6, 6.07) is 3.29. The highest BCUT2D eigenvalue weighted by Gasteiger charge is 2.30. The van der Waals surface area contributed by atoms with E-state index in [0.29, 0.717) is 18.7 Å². The molecule has 1 atom stereocenters. The van der Waals surface area contributed by atoms with Gasteiger partial charge in [0.15, 0.2) is 0 Å². The molecule has 1 aliphatic heterocycles. The molecule has 0 bridgehead atoms. The van der Waals surface area contributed by atoms with Gasteiger partial charge >= 0.3 is 0 Å². The van der Waals surface area contributed by atoms with Gasteiger partial charge in [-0.25, -0.2) is 13.8 Å². The van der Waals surface area contributed by atoms with Crippen LogP contribution in [0.5, 0.6) is 0 Å². The summed E-state index contributed by atoms with van der Waals surface area (Å²) in [7, 11) is 1.68. The van der Waals surface area contributed by atoms with Crippen molar-refractivity contribution in [1.29, 1.82) is 0 Å². The monoisotopic (exact) mass is 388 g/mol. The average molecular weight is 388 g/mol. The third-order valence-corrected chi connectivity index (χ3v) is 5.69. The number of halogens is 2. The molecule has 1 amide bonds. The standard InChI is InChI=1S/C19H18F2N4OS/c1-24-11-15(17(23-24)14-5-4-13(20)9-16(14)21)19(26)25-7-2-3-12(10-25)18-22-6-8-27-18/h4-6,8-9,11-12H,2-3,7,10H2,1H3. The van der Waals surface area contributed by atoms with Gasteiger partial charge in [-0.1, -0.05) is 0 Å². The highest BCUT2D eigenvalue weighted by atomic mass is 32.1. The summed E-state index contributed by atoms with van der Waals surface area (Å²) < 4.78 is 29.0. The molecule has 0 radical (unpaired) electrons. The lowest BCUT2D eigenvalue weighted by Gasteiger charge is -2.31. The predicted octanol–water partition coefficient (Wildman–Crippen LogP) is 3.84. The number of aryl methyl sites for hydroxylation is 1. The molecule has 27 heavy (non-hydrogen) atoms. The number of benzene rings is 1. The van der Waals surface area contributed by atoms with Crippen molar-refractivity contribution in [2.45, 2.75) is 18.8 Å². The van der Waals surface area contributed by atoms with Crippen LogP contribution in [0.3, 0.4) is 0 Å². The topological polar surface area (TPSA) is 51.0 Å². The molecule has 5 nitrogen and oxygen atoms in total. The van der Waals surface area contributed by atoms with Crippen LogP contribution >= 0.6 is 11.3 Å². The summed E-state index contributed by atoms with van der Waals surface area (Å²) in [6.45, 7) is 1.22. The lowest BCUT2D eigenvalue weighted by molar-refractivity contribution is 0.0707. The van der Waals surface area contributed by atoms with Gasteiger partial charge in [0, 0.05) is 55.5 Å². The van der Waals surface area contributed by atoms with E-state index in [1.807, 2.05) is 5.38 Å². The van der Waals surface area contributed by atoms with E-state index in [4.69, 9.17) is 0 Å². The molecule has 3 heterocycles. The van der Waals surface area contributed by atoms with Crippen LogP contribution in [0, 0.1) is 11.6 Å². The van der Waals surface area contributed by atoms with Gasteiger partial charge in [-0.3, -0.25) is 9.48 Å². The van der Waals surface area contributed by atoms with Gasteiger partial charge in [-0.05, 0) is 25.0 Å². The highest BCUT2D eigenvalue weighted by Crippen LogP contribution is 2.31. The Balaban J connectivity index is 1.64. The van der Waals surface area contributed by atoms with Crippen LogP contribution in [0.25, 0.3) is 11.3 Å². The van der Waals surface area contributed by atoms with Gasteiger partial charge in [0.05, 0.1) is 10.6 Å². The normalized spacial score (nSPS) is 17.3. The van der Waals surface area contributed by atoms with E-state index in [2.05, 4.69) is 10.1 Å². The summed E-state index contributed by atoms with van der Waals surface area (Å²) in [5.41, 5.74) is 0.674. The zero-order valence-corrected chi connectivity index (χ0v) is 15.5. The Kier molecular flexibility index (Phi) is 4.73. The molecule has 0 N–H and O–H groups in total. The van der Waals surface area contributed by atoms with E-state index in [-0.39, 0.29) is 23.1 Å². The lowest BCUT2D eigenvalue weighted by atomic mass is 9.97. The van der Waals surface area contributed by atoms with Gasteiger partial charge < -0.3 is 4.90 Å². The molecule has 1 aliphatic rings. The average Bonchev–Trinajstić information content (AvgIpc) is 3.31. The van der Waals surface area contributed by atoms with Crippen molar-refractivity contribution >= 4 is 17.2 Å². The van der Waals surface area contributed by atoms with Crippen LogP contribution in [-0.2, 0) is 7.05 Å². The van der Waals surface area contributed by atoms with E-state index in [9.17, 15) is 13.6 Å². The molecule has 140 valence electrons. The number of likely N-dealkylation sites (tertiary alicyclic amines) is 1. The number of hydrogen-bond donors (Lipinski definition) is 0. The minimum Gasteiger partial charge on any atom is -0.338 e. The minimum absolute atomic E-state index is 0.119. The zero-order valence-electron chi connectivity index (χ0n) is 14.7. The van der Waals surface area contributed by atoms with Crippen molar-refractivity contribution in [3.63, 3.8) is 0 Å². The molecule has 8 heteroatoms. The van der Waals surface area contributed by atoms with Gasteiger partial charge in [-0.2, -0.15) is 5.10 Å². The van der Waals surface area contributed by atoms with Gasteiger partial charge in [-0.15, -0.1) is 11.3 Å². The number of carbonyl (C=O) groups excluding carboxylic acids is 1. The molecule has 1 saturated heterocycles. The molecule has 0 aliphatic carbocycles. The summed E-state index contributed by atoms with van der Waals surface area (Å²) in [5, 5.41) is 7.22. The lowest BCUT2D eigenvalue weighted by Crippen LogP contribution is -2.39. The predicted molar refractivity (Wildman–Crippen MR) is 98.6 cm³/mol. The first kappa shape index (κ1) is 17.8. The Morgan fingerprint density at radius 1 is 1.33 bits per heavy atom. The molecule has 4 rings (SSSR count). The van der Waals surface area contributed by atoms with Crippen molar-refractivity contribution in [2.75, 3.05) is 13.1 Å². The maximum atomic E-state index is 14.3. The van der Waals surface area contributed by atoms with Crippen LogP contribution in [0.15, 0.2) is 36.0 Å². The Morgan fingerprint density at radius 3 is 2.93 bits per heavy atom. The largest absolute Gasteiger partial charge is 0.338 e. The Labute approximate surface area is 159 Å². The number of hydrogen-bond acceptors (Lipinski definition) is 4. The van der Waals surface area contributed by atoms with Crippen molar-refractivity contribution in [2.24, 2.45) is 7.05 Å². The third kappa shape index (κ3) is 3.49. The molecule has 0 saturated carbocycles. The van der Waals surface area contributed by atoms with Crippen LogP contribution in [-0.4, -0.2) is 38.7 Å². The van der Waals surface area contributed by atoms with Gasteiger partial charge in [0.1, 0.15) is 17.3 Å². The summed E-state index contributed by atoms with van der Waals surface area (Å²) >= 11 is 1.60. The molecular weight excluding hydrogens is 370 g/mol. The van der Waals surface area contributed by atoms with E-state index in [0.717, 1.165) is 23.9 Å². The van der Waals surface area contributed by atoms with Crippen molar-refractivity contribution in [3.8, 4) is 11.3 Å². The number of thiazole rings is 1. The second-order valence-electron chi connectivity index (χ2n) is 6.65. The summed E-state index contributed by atoms with van der Waals surface area (Å²) in [4.78, 5) is 19.3. The fourth-order valence-electron chi connectivity index (χ4n) is 3.50. The maximum absolute atomic E-state index is 14.3. The van der Waals surface area contributed by atoms with Crippen LogP contribution in [0.1, 0.15) is 34.1 Å². The quantitative estimate of drug-likeness (QED) is 0.685. The van der Waals surface area contributed by atoms with Crippen molar-refractivity contribution in [1.82, 2.24) is 19.7 Å². The number of nitrogens with zero attached hydrogens (tertiary/aromatic N) is 4. The highest BCUT2D eigenvalue weighted by molar-refractivity contribution is 7.09. The van der Waals surface area contributed by atoms with Crippen LogP contribution in [0.4, 0.5) is 8.78 Å². The molecule has 2 aromatic heterocycles. The smallest absolute Gasteiger partial charge is 0.257 e. The fourth-order valence-corrected chi connectivity index (χ4v) is 4.26.